The van der Waals surface area contributed by atoms with Crippen LogP contribution in [0, 0.1) is 16.7 Å². The van der Waals surface area contributed by atoms with Crippen molar-refractivity contribution in [1.29, 1.82) is 0 Å². The fourth-order valence-electron chi connectivity index (χ4n) is 4.72. The van der Waals surface area contributed by atoms with Gasteiger partial charge in [-0.1, -0.05) is 6.92 Å². The SMILES string of the molecule is CCC(C)(C)C(=O)OC12CC3CC(C(=O)OC(C)(C)C)(CC(C1)C(=O)O3)C2. The molecule has 27 heavy (non-hydrogen) atoms. The third-order valence-corrected chi connectivity index (χ3v) is 6.33. The maximum atomic E-state index is 13.1. The molecule has 2 aliphatic carbocycles. The zero-order valence-corrected chi connectivity index (χ0v) is 17.3. The number of hydrogen-bond donors (Lipinski definition) is 0. The summed E-state index contributed by atoms with van der Waals surface area (Å²) < 4.78 is 17.4. The van der Waals surface area contributed by atoms with Crippen LogP contribution in [0.1, 0.15) is 80.1 Å². The van der Waals surface area contributed by atoms with Gasteiger partial charge in [0.2, 0.25) is 0 Å². The molecule has 4 bridgehead atoms. The molecule has 4 aliphatic rings. The molecule has 0 aromatic carbocycles. The van der Waals surface area contributed by atoms with E-state index in [1.54, 1.807) is 0 Å². The summed E-state index contributed by atoms with van der Waals surface area (Å²) in [5.41, 5.74) is -2.89. The molecule has 2 heterocycles. The number of carbonyl (C=O) groups excluding carboxylic acids is 3. The number of hydrogen-bond acceptors (Lipinski definition) is 6. The number of carbonyl (C=O) groups is 3. The molecule has 0 N–H and O–H groups in total. The van der Waals surface area contributed by atoms with Crippen molar-refractivity contribution in [2.45, 2.75) is 97.4 Å². The molecule has 0 aromatic heterocycles. The van der Waals surface area contributed by atoms with Crippen LogP contribution in [0.3, 0.4) is 0 Å². The molecule has 2 aliphatic heterocycles. The highest BCUT2D eigenvalue weighted by molar-refractivity contribution is 5.82. The van der Waals surface area contributed by atoms with Crippen LogP contribution >= 0.6 is 0 Å². The van der Waals surface area contributed by atoms with E-state index in [-0.39, 0.29) is 17.9 Å². The van der Waals surface area contributed by atoms with Crippen molar-refractivity contribution >= 4 is 17.9 Å². The van der Waals surface area contributed by atoms with Gasteiger partial charge in [0.05, 0.1) is 16.7 Å². The normalized spacial score (nSPS) is 35.4. The number of esters is 3. The van der Waals surface area contributed by atoms with E-state index in [1.165, 1.54) is 0 Å². The lowest BCUT2D eigenvalue weighted by atomic mass is 9.56. The highest BCUT2D eigenvalue weighted by Crippen LogP contribution is 2.58. The van der Waals surface area contributed by atoms with Crippen molar-refractivity contribution in [2.24, 2.45) is 16.7 Å². The Balaban J connectivity index is 1.94. The summed E-state index contributed by atoms with van der Waals surface area (Å²) in [5, 5.41) is 0. The Morgan fingerprint density at radius 2 is 1.78 bits per heavy atom. The van der Waals surface area contributed by atoms with Gasteiger partial charge in [0.15, 0.2) is 0 Å². The molecule has 4 fully saturated rings. The molecule has 152 valence electrons. The number of fused-ring (bicyclic) bond motifs is 1. The number of rotatable bonds is 4. The molecule has 0 radical (unpaired) electrons. The summed E-state index contributed by atoms with van der Waals surface area (Å²) in [7, 11) is 0. The molecular weight excluding hydrogens is 348 g/mol. The first-order valence-corrected chi connectivity index (χ1v) is 9.97. The van der Waals surface area contributed by atoms with Crippen LogP contribution in [0.5, 0.6) is 0 Å². The first-order valence-electron chi connectivity index (χ1n) is 9.97. The molecular formula is C21H32O6. The molecule has 4 rings (SSSR count). The summed E-state index contributed by atoms with van der Waals surface area (Å²) in [6.45, 7) is 11.2. The lowest BCUT2D eigenvalue weighted by Crippen LogP contribution is -2.57. The Kier molecular flexibility index (Phi) is 4.64. The van der Waals surface area contributed by atoms with Gasteiger partial charge in [-0.3, -0.25) is 14.4 Å². The van der Waals surface area contributed by atoms with Crippen molar-refractivity contribution < 1.29 is 28.6 Å². The number of ether oxygens (including phenoxy) is 3. The van der Waals surface area contributed by atoms with E-state index in [1.807, 2.05) is 41.5 Å². The van der Waals surface area contributed by atoms with Gasteiger partial charge < -0.3 is 14.2 Å². The van der Waals surface area contributed by atoms with Crippen LogP contribution in [0.25, 0.3) is 0 Å². The van der Waals surface area contributed by atoms with E-state index in [2.05, 4.69) is 0 Å². The van der Waals surface area contributed by atoms with Crippen LogP contribution in [-0.2, 0) is 28.6 Å². The first-order chi connectivity index (χ1) is 12.3. The van der Waals surface area contributed by atoms with Crippen molar-refractivity contribution in [2.75, 3.05) is 0 Å². The van der Waals surface area contributed by atoms with Gasteiger partial charge in [-0.05, 0) is 47.5 Å². The van der Waals surface area contributed by atoms with E-state index in [9.17, 15) is 14.4 Å². The van der Waals surface area contributed by atoms with Crippen molar-refractivity contribution in [1.82, 2.24) is 0 Å². The van der Waals surface area contributed by atoms with Crippen LogP contribution in [0.4, 0.5) is 0 Å². The van der Waals surface area contributed by atoms with E-state index in [0.717, 1.165) is 0 Å². The zero-order valence-electron chi connectivity index (χ0n) is 17.3. The molecule has 2 saturated carbocycles. The minimum Gasteiger partial charge on any atom is -0.462 e. The van der Waals surface area contributed by atoms with E-state index < -0.39 is 34.1 Å². The lowest BCUT2D eigenvalue weighted by Gasteiger charge is -2.51. The van der Waals surface area contributed by atoms with Crippen LogP contribution in [0.2, 0.25) is 0 Å². The Bertz CT molecular complexity index is 660. The quantitative estimate of drug-likeness (QED) is 0.548. The summed E-state index contributed by atoms with van der Waals surface area (Å²) in [4.78, 5) is 38.4. The lowest BCUT2D eigenvalue weighted by molar-refractivity contribution is -0.205. The van der Waals surface area contributed by atoms with Crippen LogP contribution in [0.15, 0.2) is 0 Å². The Hall–Kier alpha value is -1.59. The molecule has 4 unspecified atom stereocenters. The predicted molar refractivity (Wildman–Crippen MR) is 97.6 cm³/mol. The molecule has 4 atom stereocenters. The van der Waals surface area contributed by atoms with Gasteiger partial charge in [-0.25, -0.2) is 0 Å². The topological polar surface area (TPSA) is 78.9 Å². The van der Waals surface area contributed by atoms with Gasteiger partial charge in [-0.2, -0.15) is 0 Å². The molecule has 2 saturated heterocycles. The van der Waals surface area contributed by atoms with E-state index >= 15 is 0 Å². The molecule has 6 nitrogen and oxygen atoms in total. The van der Waals surface area contributed by atoms with Gasteiger partial charge in [0.25, 0.3) is 0 Å². The summed E-state index contributed by atoms with van der Waals surface area (Å²) >= 11 is 0. The second-order valence-electron chi connectivity index (χ2n) is 10.3. The minimum atomic E-state index is -0.835. The molecule has 0 aromatic rings. The monoisotopic (exact) mass is 380 g/mol. The Morgan fingerprint density at radius 3 is 2.37 bits per heavy atom. The van der Waals surface area contributed by atoms with Crippen LogP contribution < -0.4 is 0 Å². The molecule has 0 spiro atoms. The third-order valence-electron chi connectivity index (χ3n) is 6.33. The average molecular weight is 380 g/mol. The summed E-state index contributed by atoms with van der Waals surface area (Å²) in [6, 6.07) is 0. The zero-order chi connectivity index (χ0) is 20.3. The first kappa shape index (κ1) is 20.2. The highest BCUT2D eigenvalue weighted by atomic mass is 16.6. The predicted octanol–water partition coefficient (Wildman–Crippen LogP) is 3.55. The van der Waals surface area contributed by atoms with Gasteiger partial charge in [-0.15, -0.1) is 0 Å². The molecule has 6 heteroatoms. The Morgan fingerprint density at radius 1 is 1.11 bits per heavy atom. The smallest absolute Gasteiger partial charge is 0.312 e. The fraction of sp³-hybridized carbons (Fsp3) is 0.857. The molecule has 0 amide bonds. The maximum Gasteiger partial charge on any atom is 0.312 e. The van der Waals surface area contributed by atoms with Crippen molar-refractivity contribution in [3.63, 3.8) is 0 Å². The van der Waals surface area contributed by atoms with E-state index in [0.29, 0.717) is 38.5 Å². The fourth-order valence-corrected chi connectivity index (χ4v) is 4.72. The highest BCUT2D eigenvalue weighted by Gasteiger charge is 2.64. The van der Waals surface area contributed by atoms with E-state index in [4.69, 9.17) is 14.2 Å². The average Bonchev–Trinajstić information content (AvgIpc) is 2.66. The summed E-state index contributed by atoms with van der Waals surface area (Å²) in [5.74, 6) is -1.30. The standard InChI is InChI=1S/C21H32O6/c1-7-19(5,6)16(23)27-21-9-13-8-20(12-21,17(24)26-18(2,3)4)10-14(11-21)25-15(13)22/h13-14H,7-12H2,1-6H3. The second-order valence-corrected chi connectivity index (χ2v) is 10.3. The third kappa shape index (κ3) is 3.72. The van der Waals surface area contributed by atoms with Crippen LogP contribution in [-0.4, -0.2) is 35.2 Å². The van der Waals surface area contributed by atoms with Gasteiger partial charge >= 0.3 is 17.9 Å². The van der Waals surface area contributed by atoms with Crippen molar-refractivity contribution in [3.8, 4) is 0 Å². The maximum absolute atomic E-state index is 13.1. The van der Waals surface area contributed by atoms with Crippen molar-refractivity contribution in [3.05, 3.63) is 0 Å². The van der Waals surface area contributed by atoms with Gasteiger partial charge in [0.1, 0.15) is 17.3 Å². The largest absolute Gasteiger partial charge is 0.462 e. The minimum absolute atomic E-state index is 0.279. The van der Waals surface area contributed by atoms with Gasteiger partial charge in [0, 0.05) is 25.7 Å². The Labute approximate surface area is 161 Å². The summed E-state index contributed by atoms with van der Waals surface area (Å²) in [6.07, 6.45) is 2.40. The second kappa shape index (κ2) is 6.21.